The Morgan fingerprint density at radius 3 is 2.82 bits per heavy atom. The molecular weight excluding hydrogens is 232 g/mol. The first-order valence-corrected chi connectivity index (χ1v) is 6.30. The third-order valence-corrected chi connectivity index (χ3v) is 3.57. The molecule has 3 rings (SSSR count). The van der Waals surface area contributed by atoms with E-state index in [1.54, 1.807) is 11.3 Å². The lowest BCUT2D eigenvalue weighted by Crippen LogP contribution is -1.91. The van der Waals surface area contributed by atoms with Crippen molar-refractivity contribution in [2.45, 2.75) is 6.92 Å². The highest BCUT2D eigenvalue weighted by molar-refractivity contribution is 7.08. The highest BCUT2D eigenvalue weighted by Gasteiger charge is 2.09. The smallest absolute Gasteiger partial charge is 0.180 e. The SMILES string of the molecule is CNc1ccc2[nH]c(-c3cscc3C)nc2n1. The molecule has 5 heteroatoms. The molecule has 4 nitrogen and oxygen atoms in total. The van der Waals surface area contributed by atoms with E-state index in [0.717, 1.165) is 28.4 Å². The maximum atomic E-state index is 4.52. The Morgan fingerprint density at radius 2 is 2.12 bits per heavy atom. The van der Waals surface area contributed by atoms with Crippen LogP contribution in [-0.4, -0.2) is 22.0 Å². The van der Waals surface area contributed by atoms with E-state index in [9.17, 15) is 0 Å². The van der Waals surface area contributed by atoms with Gasteiger partial charge in [-0.3, -0.25) is 0 Å². The Hall–Kier alpha value is -1.88. The minimum Gasteiger partial charge on any atom is -0.373 e. The molecule has 86 valence electrons. The van der Waals surface area contributed by atoms with Crippen LogP contribution in [0.2, 0.25) is 0 Å². The highest BCUT2D eigenvalue weighted by Crippen LogP contribution is 2.26. The number of fused-ring (bicyclic) bond motifs is 1. The Balaban J connectivity index is 2.17. The first kappa shape index (κ1) is 10.3. The summed E-state index contributed by atoms with van der Waals surface area (Å²) in [6, 6.07) is 3.93. The molecule has 3 heterocycles. The van der Waals surface area contributed by atoms with Crippen LogP contribution in [0.3, 0.4) is 0 Å². The summed E-state index contributed by atoms with van der Waals surface area (Å²) in [5, 5.41) is 7.23. The van der Waals surface area contributed by atoms with Crippen molar-refractivity contribution >= 4 is 28.3 Å². The number of thiophene rings is 1. The van der Waals surface area contributed by atoms with E-state index in [1.165, 1.54) is 5.56 Å². The van der Waals surface area contributed by atoms with Gasteiger partial charge in [0.25, 0.3) is 0 Å². The number of aromatic nitrogens is 3. The Kier molecular flexibility index (Phi) is 2.33. The Morgan fingerprint density at radius 1 is 1.24 bits per heavy atom. The van der Waals surface area contributed by atoms with Crippen LogP contribution in [-0.2, 0) is 0 Å². The van der Waals surface area contributed by atoms with Crippen molar-refractivity contribution in [1.29, 1.82) is 0 Å². The molecule has 2 N–H and O–H groups in total. The maximum Gasteiger partial charge on any atom is 0.180 e. The Bertz CT molecular complexity index is 668. The van der Waals surface area contributed by atoms with Gasteiger partial charge < -0.3 is 10.3 Å². The summed E-state index contributed by atoms with van der Waals surface area (Å²) >= 11 is 1.69. The molecule has 3 aromatic rings. The van der Waals surface area contributed by atoms with Crippen molar-refractivity contribution in [3.8, 4) is 11.4 Å². The monoisotopic (exact) mass is 244 g/mol. The number of pyridine rings is 1. The lowest BCUT2D eigenvalue weighted by atomic mass is 10.2. The molecule has 0 aliphatic heterocycles. The predicted octanol–water partition coefficient (Wildman–Crippen LogP) is 3.04. The summed E-state index contributed by atoms with van der Waals surface area (Å²) in [5.41, 5.74) is 4.10. The van der Waals surface area contributed by atoms with Crippen molar-refractivity contribution in [2.24, 2.45) is 0 Å². The number of aromatic amines is 1. The van der Waals surface area contributed by atoms with Crippen LogP contribution >= 0.6 is 11.3 Å². The van der Waals surface area contributed by atoms with Gasteiger partial charge in [-0.05, 0) is 30.0 Å². The fourth-order valence-corrected chi connectivity index (χ4v) is 2.60. The summed E-state index contributed by atoms with van der Waals surface area (Å²) in [7, 11) is 1.85. The van der Waals surface area contributed by atoms with E-state index in [1.807, 2.05) is 19.2 Å². The van der Waals surface area contributed by atoms with Crippen molar-refractivity contribution in [3.63, 3.8) is 0 Å². The second-order valence-corrected chi connectivity index (χ2v) is 4.62. The quantitative estimate of drug-likeness (QED) is 0.728. The fraction of sp³-hybridized carbons (Fsp3) is 0.167. The topological polar surface area (TPSA) is 53.6 Å². The highest BCUT2D eigenvalue weighted by atomic mass is 32.1. The van der Waals surface area contributed by atoms with Gasteiger partial charge in [-0.15, -0.1) is 0 Å². The number of hydrogen-bond donors (Lipinski definition) is 2. The number of nitrogens with one attached hydrogen (secondary N) is 2. The van der Waals surface area contributed by atoms with E-state index >= 15 is 0 Å². The van der Waals surface area contributed by atoms with Gasteiger partial charge in [-0.1, -0.05) is 0 Å². The van der Waals surface area contributed by atoms with Crippen LogP contribution in [0.4, 0.5) is 5.82 Å². The minimum absolute atomic E-state index is 0.748. The van der Waals surface area contributed by atoms with Crippen LogP contribution in [0.25, 0.3) is 22.6 Å². The molecule has 3 aromatic heterocycles. The molecule has 0 aliphatic carbocycles. The van der Waals surface area contributed by atoms with Crippen LogP contribution in [0.15, 0.2) is 22.9 Å². The van der Waals surface area contributed by atoms with Gasteiger partial charge in [-0.2, -0.15) is 11.3 Å². The molecule has 0 spiro atoms. The molecule has 0 bridgehead atoms. The molecule has 0 unspecified atom stereocenters. The van der Waals surface area contributed by atoms with Crippen LogP contribution in [0.5, 0.6) is 0 Å². The van der Waals surface area contributed by atoms with Crippen molar-refractivity contribution in [2.75, 3.05) is 12.4 Å². The summed E-state index contributed by atoms with van der Waals surface area (Å²) in [6.45, 7) is 2.09. The number of aryl methyl sites for hydroxylation is 1. The fourth-order valence-electron chi connectivity index (χ4n) is 1.76. The molecule has 0 atom stereocenters. The zero-order valence-corrected chi connectivity index (χ0v) is 10.4. The second kappa shape index (κ2) is 3.85. The Labute approximate surface area is 103 Å². The summed E-state index contributed by atoms with van der Waals surface area (Å²) < 4.78 is 0. The van der Waals surface area contributed by atoms with Gasteiger partial charge in [0.1, 0.15) is 11.6 Å². The zero-order valence-electron chi connectivity index (χ0n) is 9.61. The molecule has 0 aromatic carbocycles. The van der Waals surface area contributed by atoms with E-state index in [2.05, 4.69) is 38.0 Å². The summed E-state index contributed by atoms with van der Waals surface area (Å²) in [4.78, 5) is 12.2. The second-order valence-electron chi connectivity index (χ2n) is 3.87. The third-order valence-electron chi connectivity index (χ3n) is 2.71. The molecule has 0 saturated carbocycles. The summed E-state index contributed by atoms with van der Waals surface area (Å²) in [5.74, 6) is 1.72. The largest absolute Gasteiger partial charge is 0.373 e. The molecule has 0 radical (unpaired) electrons. The predicted molar refractivity (Wildman–Crippen MR) is 71.5 cm³/mol. The van der Waals surface area contributed by atoms with Gasteiger partial charge in [0.2, 0.25) is 0 Å². The van der Waals surface area contributed by atoms with E-state index in [0.29, 0.717) is 0 Å². The number of H-pyrrole nitrogens is 1. The minimum atomic E-state index is 0.748. The van der Waals surface area contributed by atoms with Gasteiger partial charge in [-0.25, -0.2) is 9.97 Å². The zero-order chi connectivity index (χ0) is 11.8. The maximum absolute atomic E-state index is 4.52. The standard InChI is InChI=1S/C12H12N4S/c1-7-5-17-6-8(7)11-14-9-3-4-10(13-2)15-12(9)16-11/h3-6H,1-2H3,(H2,13,14,15,16). The van der Waals surface area contributed by atoms with Gasteiger partial charge in [0, 0.05) is 18.0 Å². The normalized spacial score (nSPS) is 10.9. The average molecular weight is 244 g/mol. The van der Waals surface area contributed by atoms with Crippen LogP contribution < -0.4 is 5.32 Å². The number of anilines is 1. The molecule has 0 amide bonds. The summed E-state index contributed by atoms with van der Waals surface area (Å²) in [6.07, 6.45) is 0. The molecule has 0 aliphatic rings. The molecule has 0 saturated heterocycles. The number of nitrogens with zero attached hydrogens (tertiary/aromatic N) is 2. The lowest BCUT2D eigenvalue weighted by Gasteiger charge is -1.95. The molecule has 0 fully saturated rings. The third kappa shape index (κ3) is 1.68. The number of hydrogen-bond acceptors (Lipinski definition) is 4. The first-order chi connectivity index (χ1) is 8.28. The lowest BCUT2D eigenvalue weighted by molar-refractivity contribution is 1.28. The van der Waals surface area contributed by atoms with Crippen molar-refractivity contribution < 1.29 is 0 Å². The first-order valence-electron chi connectivity index (χ1n) is 5.35. The van der Waals surface area contributed by atoms with Crippen molar-refractivity contribution in [1.82, 2.24) is 15.0 Å². The number of rotatable bonds is 2. The van der Waals surface area contributed by atoms with Gasteiger partial charge in [0.15, 0.2) is 5.65 Å². The number of imidazole rings is 1. The van der Waals surface area contributed by atoms with E-state index < -0.39 is 0 Å². The van der Waals surface area contributed by atoms with Gasteiger partial charge >= 0.3 is 0 Å². The van der Waals surface area contributed by atoms with Crippen LogP contribution in [0, 0.1) is 6.92 Å². The average Bonchev–Trinajstić information content (AvgIpc) is 2.93. The van der Waals surface area contributed by atoms with Gasteiger partial charge in [0.05, 0.1) is 5.52 Å². The molecular formula is C12H12N4S. The van der Waals surface area contributed by atoms with E-state index in [-0.39, 0.29) is 0 Å². The van der Waals surface area contributed by atoms with Crippen LogP contribution in [0.1, 0.15) is 5.56 Å². The van der Waals surface area contributed by atoms with Crippen molar-refractivity contribution in [3.05, 3.63) is 28.5 Å². The molecule has 17 heavy (non-hydrogen) atoms. The van der Waals surface area contributed by atoms with E-state index in [4.69, 9.17) is 0 Å².